The van der Waals surface area contributed by atoms with E-state index in [0.29, 0.717) is 0 Å². The topological polar surface area (TPSA) is 118 Å². The van der Waals surface area contributed by atoms with Gasteiger partial charge in [0.05, 0.1) is 6.61 Å². The molecule has 0 aromatic rings. The highest BCUT2D eigenvalue weighted by Gasteiger charge is 2.29. The second-order valence-electron chi connectivity index (χ2n) is 2.36. The predicted octanol–water partition coefficient (Wildman–Crippen LogP) is -2.35. The van der Waals surface area contributed by atoms with Crippen molar-refractivity contribution in [3.05, 3.63) is 0 Å². The molecule has 0 aliphatic heterocycles. The van der Waals surface area contributed by atoms with Gasteiger partial charge in [-0.05, 0) is 0 Å². The fraction of sp³-hybridized carbons (Fsp3) is 0.875. The molecule has 0 saturated heterocycles. The third kappa shape index (κ3) is 5.25. The summed E-state index contributed by atoms with van der Waals surface area (Å²) in [5, 5.41) is 43.5. The number of aliphatic hydroxyl groups excluding tert-OH is 5. The summed E-state index contributed by atoms with van der Waals surface area (Å²) in [6, 6.07) is 0. The minimum Gasteiger partial charge on any atom is -0.394 e. The molecule has 0 aromatic heterocycles. The third-order valence-electron chi connectivity index (χ3n) is 1.42. The van der Waals surface area contributed by atoms with Crippen molar-refractivity contribution in [2.75, 3.05) is 6.61 Å². The summed E-state index contributed by atoms with van der Waals surface area (Å²) in [4.78, 5) is 9.90. The van der Waals surface area contributed by atoms with Crippen LogP contribution in [0.5, 0.6) is 0 Å². The second kappa shape index (κ2) is 9.04. The van der Waals surface area contributed by atoms with Gasteiger partial charge in [-0.1, -0.05) is 13.8 Å². The minimum absolute atomic E-state index is 0.0258. The molecular weight excluding hydrogens is 192 g/mol. The lowest BCUT2D eigenvalue weighted by atomic mass is 10.0. The van der Waals surface area contributed by atoms with Gasteiger partial charge in [0.1, 0.15) is 24.4 Å². The summed E-state index contributed by atoms with van der Waals surface area (Å²) in [6.45, 7) is 3.24. The van der Waals surface area contributed by atoms with E-state index in [1.54, 1.807) is 0 Å². The fourth-order valence-electron chi connectivity index (χ4n) is 0.618. The molecule has 0 aliphatic rings. The van der Waals surface area contributed by atoms with Gasteiger partial charge in [0.2, 0.25) is 0 Å². The standard InChI is InChI=1S/C6H12O6.C2H6/c7-1-3(9)5(11)6(12)4(10)2-8;1-2/h1,3-6,8-12H,2H2;1-2H3. The zero-order chi connectivity index (χ0) is 11.7. The lowest BCUT2D eigenvalue weighted by Crippen LogP contribution is -2.46. The Morgan fingerprint density at radius 2 is 1.50 bits per heavy atom. The van der Waals surface area contributed by atoms with Crippen LogP contribution in [0.1, 0.15) is 13.8 Å². The molecule has 14 heavy (non-hydrogen) atoms. The highest BCUT2D eigenvalue weighted by Crippen LogP contribution is 2.02. The van der Waals surface area contributed by atoms with Gasteiger partial charge >= 0.3 is 0 Å². The molecule has 6 heteroatoms. The Balaban J connectivity index is 0. The smallest absolute Gasteiger partial charge is 0.151 e. The lowest BCUT2D eigenvalue weighted by molar-refractivity contribution is -0.136. The van der Waals surface area contributed by atoms with Crippen LogP contribution in [0.25, 0.3) is 0 Å². The fourth-order valence-corrected chi connectivity index (χ4v) is 0.618. The minimum atomic E-state index is -1.79. The summed E-state index contributed by atoms with van der Waals surface area (Å²) in [5.41, 5.74) is 0. The Labute approximate surface area is 82.4 Å². The van der Waals surface area contributed by atoms with E-state index < -0.39 is 31.0 Å². The van der Waals surface area contributed by atoms with E-state index in [1.807, 2.05) is 13.8 Å². The van der Waals surface area contributed by atoms with Crippen molar-refractivity contribution in [2.45, 2.75) is 38.3 Å². The molecule has 0 aromatic carbocycles. The molecular formula is C8H18O6. The maximum absolute atomic E-state index is 9.90. The van der Waals surface area contributed by atoms with Crippen LogP contribution in [0.15, 0.2) is 0 Å². The van der Waals surface area contributed by atoms with Crippen LogP contribution in [-0.4, -0.2) is 62.8 Å². The Morgan fingerprint density at radius 3 is 1.79 bits per heavy atom. The van der Waals surface area contributed by atoms with E-state index in [0.717, 1.165) is 0 Å². The average molecular weight is 210 g/mol. The Bertz CT molecular complexity index is 140. The first kappa shape index (κ1) is 15.9. The number of hydrogen-bond acceptors (Lipinski definition) is 6. The van der Waals surface area contributed by atoms with Crippen LogP contribution in [-0.2, 0) is 4.79 Å². The van der Waals surface area contributed by atoms with Gasteiger partial charge in [-0.15, -0.1) is 0 Å². The molecule has 0 bridgehead atoms. The normalized spacial score (nSPS) is 18.5. The van der Waals surface area contributed by atoms with E-state index in [9.17, 15) is 4.79 Å². The number of carbonyl (C=O) groups excluding carboxylic acids is 1. The lowest BCUT2D eigenvalue weighted by Gasteiger charge is -2.22. The van der Waals surface area contributed by atoms with Gasteiger partial charge in [0.25, 0.3) is 0 Å². The second-order valence-corrected chi connectivity index (χ2v) is 2.36. The summed E-state index contributed by atoms with van der Waals surface area (Å²) in [6.07, 6.45) is -6.84. The number of carbonyl (C=O) groups is 1. The van der Waals surface area contributed by atoms with Gasteiger partial charge in [-0.2, -0.15) is 0 Å². The van der Waals surface area contributed by atoms with E-state index >= 15 is 0 Å². The van der Waals surface area contributed by atoms with Gasteiger partial charge in [-0.3, -0.25) is 0 Å². The summed E-state index contributed by atoms with van der Waals surface area (Å²) in [5.74, 6) is 0. The average Bonchev–Trinajstić information content (AvgIpc) is 2.27. The van der Waals surface area contributed by atoms with Crippen molar-refractivity contribution >= 4 is 6.29 Å². The first-order valence-electron chi connectivity index (χ1n) is 4.33. The van der Waals surface area contributed by atoms with Crippen LogP contribution >= 0.6 is 0 Å². The first-order valence-corrected chi connectivity index (χ1v) is 4.33. The monoisotopic (exact) mass is 210 g/mol. The molecule has 4 unspecified atom stereocenters. The number of aliphatic hydroxyl groups is 5. The Kier molecular flexibility index (Phi) is 10.3. The zero-order valence-corrected chi connectivity index (χ0v) is 8.24. The molecule has 86 valence electrons. The quantitative estimate of drug-likeness (QED) is 0.324. The number of aldehydes is 1. The highest BCUT2D eigenvalue weighted by atomic mass is 16.4. The van der Waals surface area contributed by atoms with Crippen molar-refractivity contribution < 1.29 is 30.3 Å². The molecule has 0 aliphatic carbocycles. The van der Waals surface area contributed by atoms with Crippen LogP contribution in [0.2, 0.25) is 0 Å². The maximum atomic E-state index is 9.90. The molecule has 0 heterocycles. The van der Waals surface area contributed by atoms with Crippen LogP contribution in [0.4, 0.5) is 0 Å². The number of rotatable bonds is 5. The molecule has 0 rings (SSSR count). The molecule has 0 amide bonds. The van der Waals surface area contributed by atoms with E-state index in [2.05, 4.69) is 0 Å². The Morgan fingerprint density at radius 1 is 1.07 bits per heavy atom. The largest absolute Gasteiger partial charge is 0.394 e. The molecule has 6 nitrogen and oxygen atoms in total. The maximum Gasteiger partial charge on any atom is 0.151 e. The van der Waals surface area contributed by atoms with Gasteiger partial charge in [0, 0.05) is 0 Å². The summed E-state index contributed by atoms with van der Waals surface area (Å²) in [7, 11) is 0. The molecule has 5 N–H and O–H groups in total. The molecule has 4 atom stereocenters. The van der Waals surface area contributed by atoms with Gasteiger partial charge in [0.15, 0.2) is 6.29 Å². The van der Waals surface area contributed by atoms with Gasteiger partial charge < -0.3 is 30.3 Å². The predicted molar refractivity (Wildman–Crippen MR) is 48.5 cm³/mol. The number of hydrogen-bond donors (Lipinski definition) is 5. The SMILES string of the molecule is CC.O=CC(O)C(O)C(O)C(O)CO. The van der Waals surface area contributed by atoms with Crippen molar-refractivity contribution in [3.8, 4) is 0 Å². The first-order chi connectivity index (χ1) is 6.54. The van der Waals surface area contributed by atoms with Crippen molar-refractivity contribution in [3.63, 3.8) is 0 Å². The Hall–Kier alpha value is -0.530. The molecule has 0 radical (unpaired) electrons. The van der Waals surface area contributed by atoms with Crippen molar-refractivity contribution in [1.82, 2.24) is 0 Å². The van der Waals surface area contributed by atoms with E-state index in [-0.39, 0.29) is 6.29 Å². The van der Waals surface area contributed by atoms with Crippen LogP contribution in [0, 0.1) is 0 Å². The van der Waals surface area contributed by atoms with E-state index in [4.69, 9.17) is 25.5 Å². The van der Waals surface area contributed by atoms with Crippen LogP contribution < -0.4 is 0 Å². The summed E-state index contributed by atoms with van der Waals surface area (Å²) < 4.78 is 0. The van der Waals surface area contributed by atoms with E-state index in [1.165, 1.54) is 0 Å². The van der Waals surface area contributed by atoms with Crippen molar-refractivity contribution in [1.29, 1.82) is 0 Å². The molecule has 0 spiro atoms. The molecule has 0 fully saturated rings. The summed E-state index contributed by atoms with van der Waals surface area (Å²) >= 11 is 0. The highest BCUT2D eigenvalue weighted by molar-refractivity contribution is 5.56. The van der Waals surface area contributed by atoms with Crippen molar-refractivity contribution in [2.24, 2.45) is 0 Å². The van der Waals surface area contributed by atoms with Gasteiger partial charge in [-0.25, -0.2) is 0 Å². The zero-order valence-electron chi connectivity index (χ0n) is 8.24. The third-order valence-corrected chi connectivity index (χ3v) is 1.42. The van der Waals surface area contributed by atoms with Crippen LogP contribution in [0.3, 0.4) is 0 Å². The molecule has 0 saturated carbocycles.